The van der Waals surface area contributed by atoms with Gasteiger partial charge in [-0.1, -0.05) is 60.7 Å². The number of carbonyl (C=O) groups excluding carboxylic acids is 1. The molecule has 28 heavy (non-hydrogen) atoms. The van der Waals surface area contributed by atoms with Crippen LogP contribution in [0.1, 0.15) is 31.4 Å². The van der Waals surface area contributed by atoms with Crippen LogP contribution in [0.3, 0.4) is 0 Å². The van der Waals surface area contributed by atoms with E-state index in [1.165, 1.54) is 5.56 Å². The van der Waals surface area contributed by atoms with Crippen molar-refractivity contribution in [3.63, 3.8) is 0 Å². The second-order valence-corrected chi connectivity index (χ2v) is 7.14. The molecule has 0 spiro atoms. The molecular weight excluding hydrogens is 346 g/mol. The minimum atomic E-state index is -0.0193. The van der Waals surface area contributed by atoms with Gasteiger partial charge >= 0.3 is 0 Å². The lowest BCUT2D eigenvalue weighted by molar-refractivity contribution is -0.116. The summed E-state index contributed by atoms with van der Waals surface area (Å²) in [5.41, 5.74) is 3.46. The normalized spacial score (nSPS) is 10.7. The van der Waals surface area contributed by atoms with E-state index in [0.717, 1.165) is 24.2 Å². The Labute approximate surface area is 167 Å². The van der Waals surface area contributed by atoms with Gasteiger partial charge in [-0.3, -0.25) is 4.79 Å². The van der Waals surface area contributed by atoms with Crippen LogP contribution in [0.15, 0.2) is 79.0 Å². The van der Waals surface area contributed by atoms with Crippen molar-refractivity contribution in [2.75, 3.05) is 10.2 Å². The minimum absolute atomic E-state index is 0.0193. The molecule has 0 bridgehead atoms. The van der Waals surface area contributed by atoms with Crippen LogP contribution in [0, 0.1) is 0 Å². The number of nitrogens with one attached hydrogen (secondary N) is 1. The number of hydrogen-bond donors (Lipinski definition) is 1. The maximum Gasteiger partial charge on any atom is 0.225 e. The van der Waals surface area contributed by atoms with E-state index in [0.29, 0.717) is 18.3 Å². The molecule has 3 rings (SSSR count). The number of hydrogen-bond acceptors (Lipinski definition) is 3. The number of amides is 1. The molecule has 1 amide bonds. The van der Waals surface area contributed by atoms with Gasteiger partial charge < -0.3 is 10.2 Å². The second-order valence-electron chi connectivity index (χ2n) is 7.14. The summed E-state index contributed by atoms with van der Waals surface area (Å²) in [7, 11) is 0. The number of pyridine rings is 1. The molecule has 0 saturated carbocycles. The Balaban J connectivity index is 1.59. The van der Waals surface area contributed by atoms with E-state index >= 15 is 0 Å². The van der Waals surface area contributed by atoms with Crippen molar-refractivity contribution in [2.45, 2.75) is 39.3 Å². The smallest absolute Gasteiger partial charge is 0.225 e. The highest BCUT2D eigenvalue weighted by Crippen LogP contribution is 2.20. The first-order valence-corrected chi connectivity index (χ1v) is 9.72. The predicted molar refractivity (Wildman–Crippen MR) is 115 cm³/mol. The van der Waals surface area contributed by atoms with Gasteiger partial charge in [0, 0.05) is 19.0 Å². The predicted octanol–water partition coefficient (Wildman–Crippen LogP) is 5.07. The molecule has 1 N–H and O–H groups in total. The van der Waals surface area contributed by atoms with Gasteiger partial charge in [0.25, 0.3) is 0 Å². The number of aryl methyl sites for hydroxylation is 1. The minimum Gasteiger partial charge on any atom is -0.364 e. The van der Waals surface area contributed by atoms with Crippen LogP contribution in [0.5, 0.6) is 0 Å². The molecule has 0 radical (unpaired) electrons. The number of rotatable bonds is 8. The van der Waals surface area contributed by atoms with E-state index in [2.05, 4.69) is 53.3 Å². The largest absolute Gasteiger partial charge is 0.364 e. The highest BCUT2D eigenvalue weighted by Gasteiger charge is 2.12. The quantitative estimate of drug-likeness (QED) is 0.600. The number of aromatic nitrogens is 1. The molecule has 0 atom stereocenters. The van der Waals surface area contributed by atoms with Gasteiger partial charge in [-0.25, -0.2) is 4.98 Å². The van der Waals surface area contributed by atoms with Crippen LogP contribution in [0.4, 0.5) is 11.5 Å². The summed E-state index contributed by atoms with van der Waals surface area (Å²) in [5, 5.41) is 2.89. The van der Waals surface area contributed by atoms with Crippen molar-refractivity contribution in [3.05, 3.63) is 90.1 Å². The highest BCUT2D eigenvalue weighted by atomic mass is 16.1. The van der Waals surface area contributed by atoms with Crippen LogP contribution in [0.2, 0.25) is 0 Å². The Bertz CT molecular complexity index is 861. The maximum absolute atomic E-state index is 12.2. The SMILES string of the molecule is CC(C)N(Cc1ccccc1)c1ccc(NC(=O)CCc2ccccc2)nc1. The van der Waals surface area contributed by atoms with Gasteiger partial charge in [0.05, 0.1) is 11.9 Å². The summed E-state index contributed by atoms with van der Waals surface area (Å²) in [6.45, 7) is 5.16. The van der Waals surface area contributed by atoms with Crippen LogP contribution < -0.4 is 10.2 Å². The van der Waals surface area contributed by atoms with E-state index in [1.807, 2.05) is 54.7 Å². The fourth-order valence-corrected chi connectivity index (χ4v) is 3.09. The zero-order valence-electron chi connectivity index (χ0n) is 16.5. The monoisotopic (exact) mass is 373 g/mol. The van der Waals surface area contributed by atoms with Gasteiger partial charge in [0.1, 0.15) is 5.82 Å². The van der Waals surface area contributed by atoms with Gasteiger partial charge in [-0.15, -0.1) is 0 Å². The average molecular weight is 374 g/mol. The topological polar surface area (TPSA) is 45.2 Å². The summed E-state index contributed by atoms with van der Waals surface area (Å²) < 4.78 is 0. The number of anilines is 2. The third kappa shape index (κ3) is 5.68. The van der Waals surface area contributed by atoms with E-state index in [4.69, 9.17) is 0 Å². The van der Waals surface area contributed by atoms with Crippen LogP contribution in [0.25, 0.3) is 0 Å². The molecule has 3 aromatic rings. The number of carbonyl (C=O) groups is 1. The lowest BCUT2D eigenvalue weighted by Crippen LogP contribution is -2.30. The molecular formula is C24H27N3O. The first-order valence-electron chi connectivity index (χ1n) is 9.72. The molecule has 1 heterocycles. The van der Waals surface area contributed by atoms with Gasteiger partial charge in [0.2, 0.25) is 5.91 Å². The Morgan fingerprint density at radius 2 is 1.57 bits per heavy atom. The Morgan fingerprint density at radius 1 is 0.929 bits per heavy atom. The number of benzene rings is 2. The van der Waals surface area contributed by atoms with Gasteiger partial charge in [-0.2, -0.15) is 0 Å². The van der Waals surface area contributed by atoms with E-state index < -0.39 is 0 Å². The van der Waals surface area contributed by atoms with Gasteiger partial charge in [-0.05, 0) is 43.5 Å². The lowest BCUT2D eigenvalue weighted by atomic mass is 10.1. The second kappa shape index (κ2) is 9.70. The first kappa shape index (κ1) is 19.6. The summed E-state index contributed by atoms with van der Waals surface area (Å²) in [6.07, 6.45) is 3.00. The summed E-state index contributed by atoms with van der Waals surface area (Å²) in [6, 6.07) is 24.7. The molecule has 0 fully saturated rings. The van der Waals surface area contributed by atoms with E-state index in [9.17, 15) is 4.79 Å². The van der Waals surface area contributed by atoms with Crippen molar-refractivity contribution < 1.29 is 4.79 Å². The van der Waals surface area contributed by atoms with Crippen molar-refractivity contribution in [1.29, 1.82) is 0 Å². The standard InChI is InChI=1S/C24H27N3O/c1-19(2)27(18-21-11-7-4-8-12-21)22-14-15-23(25-17-22)26-24(28)16-13-20-9-5-3-6-10-20/h3-12,14-15,17,19H,13,16,18H2,1-2H3,(H,25,26,28). The first-order chi connectivity index (χ1) is 13.6. The Hall–Kier alpha value is -3.14. The van der Waals surface area contributed by atoms with Crippen LogP contribution in [-0.4, -0.2) is 16.9 Å². The van der Waals surface area contributed by atoms with E-state index in [1.54, 1.807) is 0 Å². The molecule has 0 aliphatic carbocycles. The fourth-order valence-electron chi connectivity index (χ4n) is 3.09. The lowest BCUT2D eigenvalue weighted by Gasteiger charge is -2.29. The zero-order valence-corrected chi connectivity index (χ0v) is 16.5. The zero-order chi connectivity index (χ0) is 19.8. The van der Waals surface area contributed by atoms with E-state index in [-0.39, 0.29) is 5.91 Å². The Kier molecular flexibility index (Phi) is 6.79. The average Bonchev–Trinajstić information content (AvgIpc) is 2.72. The summed E-state index contributed by atoms with van der Waals surface area (Å²) in [5.74, 6) is 0.569. The summed E-state index contributed by atoms with van der Waals surface area (Å²) in [4.78, 5) is 18.9. The molecule has 0 saturated heterocycles. The van der Waals surface area contributed by atoms with Crippen molar-refractivity contribution in [1.82, 2.24) is 4.98 Å². The fraction of sp³-hybridized carbons (Fsp3) is 0.250. The molecule has 2 aromatic carbocycles. The molecule has 144 valence electrons. The third-order valence-electron chi connectivity index (χ3n) is 4.65. The molecule has 4 heteroatoms. The highest BCUT2D eigenvalue weighted by molar-refractivity contribution is 5.89. The molecule has 0 unspecified atom stereocenters. The van der Waals surface area contributed by atoms with Crippen LogP contribution in [-0.2, 0) is 17.8 Å². The number of nitrogens with zero attached hydrogens (tertiary/aromatic N) is 2. The molecule has 1 aromatic heterocycles. The molecule has 0 aliphatic heterocycles. The van der Waals surface area contributed by atoms with Crippen molar-refractivity contribution in [2.24, 2.45) is 0 Å². The maximum atomic E-state index is 12.2. The molecule has 0 aliphatic rings. The molecule has 4 nitrogen and oxygen atoms in total. The summed E-state index contributed by atoms with van der Waals surface area (Å²) >= 11 is 0. The van der Waals surface area contributed by atoms with Crippen molar-refractivity contribution in [3.8, 4) is 0 Å². The Morgan fingerprint density at radius 3 is 2.14 bits per heavy atom. The third-order valence-corrected chi connectivity index (χ3v) is 4.65. The van der Waals surface area contributed by atoms with Crippen molar-refractivity contribution >= 4 is 17.4 Å². The van der Waals surface area contributed by atoms with Gasteiger partial charge in [0.15, 0.2) is 0 Å². The van der Waals surface area contributed by atoms with Crippen LogP contribution >= 0.6 is 0 Å².